The van der Waals surface area contributed by atoms with Gasteiger partial charge in [0.05, 0.1) is 17.1 Å². The first-order valence-electron chi connectivity index (χ1n) is 6.84. The molecule has 0 bridgehead atoms. The third kappa shape index (κ3) is 2.32. The Balaban J connectivity index is 1.86. The largest absolute Gasteiger partial charge is 0.381 e. The summed E-state index contributed by atoms with van der Waals surface area (Å²) < 4.78 is 0. The highest BCUT2D eigenvalue weighted by atomic mass is 35.5. The molecule has 2 aliphatic rings. The van der Waals surface area contributed by atoms with Crippen LogP contribution < -0.4 is 10.6 Å². The topological polar surface area (TPSA) is 41.1 Å². The zero-order valence-corrected chi connectivity index (χ0v) is 12.1. The maximum atomic E-state index is 11.4. The molecule has 1 aromatic rings. The Morgan fingerprint density at radius 1 is 1.42 bits per heavy atom. The van der Waals surface area contributed by atoms with Crippen molar-refractivity contribution in [3.63, 3.8) is 0 Å². The number of anilines is 2. The van der Waals surface area contributed by atoms with Gasteiger partial charge in [-0.1, -0.05) is 31.9 Å². The summed E-state index contributed by atoms with van der Waals surface area (Å²) in [5.41, 5.74) is 3.15. The molecular weight excluding hydrogens is 260 g/mol. The lowest BCUT2D eigenvalue weighted by Gasteiger charge is -2.29. The van der Waals surface area contributed by atoms with Gasteiger partial charge < -0.3 is 10.6 Å². The minimum atomic E-state index is 0.0458. The molecule has 4 heteroatoms. The lowest BCUT2D eigenvalue weighted by Crippen LogP contribution is -2.30. The molecule has 0 radical (unpaired) electrons. The van der Waals surface area contributed by atoms with Crippen molar-refractivity contribution in [1.82, 2.24) is 0 Å². The average Bonchev–Trinajstić information content (AvgIpc) is 2.82. The van der Waals surface area contributed by atoms with E-state index in [4.69, 9.17) is 11.6 Å². The van der Waals surface area contributed by atoms with E-state index in [1.807, 2.05) is 12.1 Å². The van der Waals surface area contributed by atoms with Crippen molar-refractivity contribution in [2.45, 2.75) is 45.6 Å². The summed E-state index contributed by atoms with van der Waals surface area (Å²) in [7, 11) is 0. The number of hydrogen-bond acceptors (Lipinski definition) is 2. The molecule has 1 fully saturated rings. The molecule has 1 saturated carbocycles. The Morgan fingerprint density at radius 2 is 2.21 bits per heavy atom. The van der Waals surface area contributed by atoms with E-state index < -0.39 is 0 Å². The quantitative estimate of drug-likeness (QED) is 0.863. The molecule has 3 nitrogen and oxygen atoms in total. The maximum absolute atomic E-state index is 11.4. The molecule has 0 saturated heterocycles. The number of carbonyl (C=O) groups is 1. The molecule has 2 N–H and O–H groups in total. The van der Waals surface area contributed by atoms with Gasteiger partial charge >= 0.3 is 0 Å². The molecule has 102 valence electrons. The van der Waals surface area contributed by atoms with Gasteiger partial charge in [0.25, 0.3) is 0 Å². The van der Waals surface area contributed by atoms with Crippen LogP contribution in [-0.4, -0.2) is 11.9 Å². The molecule has 3 rings (SSSR count). The summed E-state index contributed by atoms with van der Waals surface area (Å²) in [5, 5.41) is 7.08. The number of fused-ring (bicyclic) bond motifs is 1. The SMILES string of the molecule is CC1(C)CCCC1Nc1cc2c(cc1Cl)NC(=O)C2. The van der Waals surface area contributed by atoms with Gasteiger partial charge in [-0.05, 0) is 36.0 Å². The van der Waals surface area contributed by atoms with Crippen LogP contribution in [-0.2, 0) is 11.2 Å². The van der Waals surface area contributed by atoms with E-state index >= 15 is 0 Å². The second-order valence-corrected chi connectivity index (χ2v) is 6.70. The molecule has 0 aromatic heterocycles. The fourth-order valence-electron chi connectivity index (χ4n) is 3.14. The minimum absolute atomic E-state index is 0.0458. The number of halogens is 1. The molecule has 0 spiro atoms. The van der Waals surface area contributed by atoms with Crippen LogP contribution in [0.3, 0.4) is 0 Å². The number of amides is 1. The van der Waals surface area contributed by atoms with Crippen molar-refractivity contribution in [3.8, 4) is 0 Å². The first-order valence-corrected chi connectivity index (χ1v) is 7.22. The summed E-state index contributed by atoms with van der Waals surface area (Å²) >= 11 is 6.31. The van der Waals surface area contributed by atoms with Crippen LogP contribution in [0.15, 0.2) is 12.1 Å². The first kappa shape index (κ1) is 12.8. The Morgan fingerprint density at radius 3 is 2.89 bits per heavy atom. The summed E-state index contributed by atoms with van der Waals surface area (Å²) in [6, 6.07) is 4.32. The predicted molar refractivity (Wildman–Crippen MR) is 78.8 cm³/mol. The number of hydrogen-bond donors (Lipinski definition) is 2. The lowest BCUT2D eigenvalue weighted by atomic mass is 9.87. The van der Waals surface area contributed by atoms with Crippen molar-refractivity contribution < 1.29 is 4.79 Å². The molecule has 1 atom stereocenters. The molecule has 19 heavy (non-hydrogen) atoms. The van der Waals surface area contributed by atoms with Crippen molar-refractivity contribution in [2.75, 3.05) is 10.6 Å². The van der Waals surface area contributed by atoms with Gasteiger partial charge in [0.1, 0.15) is 0 Å². The standard InChI is InChI=1S/C15H19ClN2O/c1-15(2)5-3-4-13(15)17-12-6-9-7-14(19)18-11(9)8-10(12)16/h6,8,13,17H,3-5,7H2,1-2H3,(H,18,19). The Labute approximate surface area is 118 Å². The fourth-order valence-corrected chi connectivity index (χ4v) is 3.36. The normalized spacial score (nSPS) is 24.2. The zero-order valence-electron chi connectivity index (χ0n) is 11.3. The minimum Gasteiger partial charge on any atom is -0.381 e. The van der Waals surface area contributed by atoms with Gasteiger partial charge in [0.15, 0.2) is 0 Å². The third-order valence-corrected chi connectivity index (χ3v) is 4.72. The van der Waals surface area contributed by atoms with Crippen LogP contribution in [0.5, 0.6) is 0 Å². The molecule has 1 unspecified atom stereocenters. The van der Waals surface area contributed by atoms with Crippen molar-refractivity contribution in [1.29, 1.82) is 0 Å². The van der Waals surface area contributed by atoms with E-state index in [1.165, 1.54) is 19.3 Å². The van der Waals surface area contributed by atoms with E-state index in [0.717, 1.165) is 16.9 Å². The van der Waals surface area contributed by atoms with Gasteiger partial charge in [-0.3, -0.25) is 4.79 Å². The summed E-state index contributed by atoms with van der Waals surface area (Å²) in [4.78, 5) is 11.4. The fraction of sp³-hybridized carbons (Fsp3) is 0.533. The number of benzene rings is 1. The molecule has 1 aromatic carbocycles. The zero-order chi connectivity index (χ0) is 13.6. The molecule has 1 amide bonds. The number of carbonyl (C=O) groups excluding carboxylic acids is 1. The molecule has 1 aliphatic carbocycles. The predicted octanol–water partition coefficient (Wildman–Crippen LogP) is 3.83. The van der Waals surface area contributed by atoms with Gasteiger partial charge in [-0.15, -0.1) is 0 Å². The van der Waals surface area contributed by atoms with Crippen LogP contribution in [0.25, 0.3) is 0 Å². The summed E-state index contributed by atoms with van der Waals surface area (Å²) in [6.07, 6.45) is 4.13. The van der Waals surface area contributed by atoms with Crippen LogP contribution in [0.4, 0.5) is 11.4 Å². The second kappa shape index (κ2) is 4.41. The molecule has 1 aliphatic heterocycles. The highest BCUT2D eigenvalue weighted by molar-refractivity contribution is 6.33. The highest BCUT2D eigenvalue weighted by Gasteiger charge is 2.34. The van der Waals surface area contributed by atoms with E-state index in [-0.39, 0.29) is 5.91 Å². The van der Waals surface area contributed by atoms with Crippen LogP contribution in [0, 0.1) is 5.41 Å². The monoisotopic (exact) mass is 278 g/mol. The van der Waals surface area contributed by atoms with Gasteiger partial charge in [-0.2, -0.15) is 0 Å². The average molecular weight is 279 g/mol. The van der Waals surface area contributed by atoms with Crippen molar-refractivity contribution in [3.05, 3.63) is 22.7 Å². The summed E-state index contributed by atoms with van der Waals surface area (Å²) in [5.74, 6) is 0.0458. The van der Waals surface area contributed by atoms with Crippen molar-refractivity contribution in [2.24, 2.45) is 5.41 Å². The molecular formula is C15H19ClN2O. The van der Waals surface area contributed by atoms with Crippen LogP contribution in [0.2, 0.25) is 5.02 Å². The smallest absolute Gasteiger partial charge is 0.228 e. The molecule has 1 heterocycles. The number of rotatable bonds is 2. The van der Waals surface area contributed by atoms with Gasteiger partial charge in [0.2, 0.25) is 5.91 Å². The van der Waals surface area contributed by atoms with Crippen LogP contribution in [0.1, 0.15) is 38.7 Å². The first-order chi connectivity index (χ1) is 8.95. The maximum Gasteiger partial charge on any atom is 0.228 e. The van der Waals surface area contributed by atoms with Gasteiger partial charge in [0, 0.05) is 11.7 Å². The Bertz CT molecular complexity index is 539. The third-order valence-electron chi connectivity index (χ3n) is 4.40. The Hall–Kier alpha value is -1.22. The van der Waals surface area contributed by atoms with Crippen molar-refractivity contribution >= 4 is 28.9 Å². The lowest BCUT2D eigenvalue weighted by molar-refractivity contribution is -0.115. The summed E-state index contributed by atoms with van der Waals surface area (Å²) in [6.45, 7) is 4.59. The highest BCUT2D eigenvalue weighted by Crippen LogP contribution is 2.41. The van der Waals surface area contributed by atoms with E-state index in [0.29, 0.717) is 22.9 Å². The Kier molecular flexibility index (Phi) is 2.97. The van der Waals surface area contributed by atoms with Gasteiger partial charge in [-0.25, -0.2) is 0 Å². The second-order valence-electron chi connectivity index (χ2n) is 6.29. The van der Waals surface area contributed by atoms with Crippen LogP contribution >= 0.6 is 11.6 Å². The van der Waals surface area contributed by atoms with E-state index in [9.17, 15) is 4.79 Å². The van der Waals surface area contributed by atoms with E-state index in [2.05, 4.69) is 24.5 Å². The number of nitrogens with one attached hydrogen (secondary N) is 2. The van der Waals surface area contributed by atoms with E-state index in [1.54, 1.807) is 0 Å².